The summed E-state index contributed by atoms with van der Waals surface area (Å²) in [5, 5.41) is 5.85. The average molecular weight is 354 g/mol. The van der Waals surface area contributed by atoms with Gasteiger partial charge in [-0.2, -0.15) is 0 Å². The Hall–Kier alpha value is -1.24. The molecule has 2 amide bonds. The molecular formula is C15H20BrN3O2. The third-order valence-corrected chi connectivity index (χ3v) is 4.06. The minimum Gasteiger partial charge on any atom is -0.309 e. The summed E-state index contributed by atoms with van der Waals surface area (Å²) in [5.74, 6) is -0.638. The smallest absolute Gasteiger partial charge is 0.259 e. The van der Waals surface area contributed by atoms with Gasteiger partial charge < -0.3 is 5.32 Å². The molecular weight excluding hydrogens is 334 g/mol. The molecule has 2 unspecified atom stereocenters. The Morgan fingerprint density at radius 1 is 1.29 bits per heavy atom. The summed E-state index contributed by atoms with van der Waals surface area (Å²) in [6, 6.07) is 7.75. The summed E-state index contributed by atoms with van der Waals surface area (Å²) in [4.78, 5) is 26.1. The minimum absolute atomic E-state index is 0.243. The van der Waals surface area contributed by atoms with E-state index in [1.54, 1.807) is 18.2 Å². The van der Waals surface area contributed by atoms with Gasteiger partial charge in [0.1, 0.15) is 0 Å². The topological polar surface area (TPSA) is 61.4 Å². The fourth-order valence-electron chi connectivity index (χ4n) is 2.65. The lowest BCUT2D eigenvalue weighted by molar-refractivity contribution is -0.121. The van der Waals surface area contributed by atoms with Crippen molar-refractivity contribution in [2.75, 3.05) is 19.6 Å². The number of halogens is 1. The number of hydrogen-bond donors (Lipinski definition) is 2. The van der Waals surface area contributed by atoms with Gasteiger partial charge in [-0.05, 0) is 41.9 Å². The number of carbonyl (C=O) groups excluding carboxylic acids is 2. The van der Waals surface area contributed by atoms with Gasteiger partial charge >= 0.3 is 0 Å². The van der Waals surface area contributed by atoms with Gasteiger partial charge in [0.2, 0.25) is 5.91 Å². The molecule has 1 aromatic carbocycles. The molecule has 114 valence electrons. The van der Waals surface area contributed by atoms with Crippen molar-refractivity contribution in [2.24, 2.45) is 0 Å². The van der Waals surface area contributed by atoms with E-state index < -0.39 is 0 Å². The van der Waals surface area contributed by atoms with Crippen LogP contribution < -0.4 is 10.6 Å². The average Bonchev–Trinajstić information content (AvgIpc) is 2.37. The van der Waals surface area contributed by atoms with Gasteiger partial charge in [0.25, 0.3) is 5.91 Å². The molecule has 1 heterocycles. The van der Waals surface area contributed by atoms with Crippen molar-refractivity contribution < 1.29 is 9.59 Å². The Morgan fingerprint density at radius 3 is 2.52 bits per heavy atom. The van der Waals surface area contributed by atoms with E-state index in [9.17, 15) is 9.59 Å². The summed E-state index contributed by atoms with van der Waals surface area (Å²) in [6.07, 6.45) is 0. The van der Waals surface area contributed by atoms with Gasteiger partial charge in [-0.3, -0.25) is 19.8 Å². The first-order valence-corrected chi connectivity index (χ1v) is 7.82. The Morgan fingerprint density at radius 2 is 1.90 bits per heavy atom. The lowest BCUT2D eigenvalue weighted by Gasteiger charge is -2.35. The molecule has 6 heteroatoms. The highest BCUT2D eigenvalue weighted by Crippen LogP contribution is 2.15. The van der Waals surface area contributed by atoms with Crippen LogP contribution in [0.3, 0.4) is 0 Å². The second kappa shape index (κ2) is 7.15. The maximum absolute atomic E-state index is 12.1. The van der Waals surface area contributed by atoms with Crippen molar-refractivity contribution in [3.8, 4) is 0 Å². The first-order valence-electron chi connectivity index (χ1n) is 7.03. The van der Waals surface area contributed by atoms with Crippen LogP contribution in [0.1, 0.15) is 24.2 Å². The molecule has 0 saturated carbocycles. The fourth-order valence-corrected chi connectivity index (χ4v) is 3.12. The number of nitrogens with zero attached hydrogens (tertiary/aromatic N) is 1. The molecule has 0 radical (unpaired) electrons. The zero-order valence-electron chi connectivity index (χ0n) is 12.2. The van der Waals surface area contributed by atoms with E-state index in [-0.39, 0.29) is 18.4 Å². The van der Waals surface area contributed by atoms with Crippen molar-refractivity contribution in [1.29, 1.82) is 0 Å². The monoisotopic (exact) mass is 353 g/mol. The molecule has 1 saturated heterocycles. The van der Waals surface area contributed by atoms with Crippen LogP contribution in [0.4, 0.5) is 0 Å². The van der Waals surface area contributed by atoms with E-state index in [4.69, 9.17) is 0 Å². The van der Waals surface area contributed by atoms with Crippen LogP contribution in [0.5, 0.6) is 0 Å². The molecule has 1 aromatic rings. The summed E-state index contributed by atoms with van der Waals surface area (Å²) >= 11 is 3.31. The molecule has 0 aliphatic carbocycles. The number of hydrogen-bond acceptors (Lipinski definition) is 4. The maximum Gasteiger partial charge on any atom is 0.259 e. The van der Waals surface area contributed by atoms with Crippen molar-refractivity contribution in [1.82, 2.24) is 15.5 Å². The summed E-state index contributed by atoms with van der Waals surface area (Å²) < 4.78 is 0.680. The fraction of sp³-hybridized carbons (Fsp3) is 0.467. The molecule has 1 fully saturated rings. The van der Waals surface area contributed by atoms with Gasteiger partial charge in [0.05, 0.1) is 12.1 Å². The van der Waals surface area contributed by atoms with Gasteiger partial charge in [0.15, 0.2) is 0 Å². The first-order chi connectivity index (χ1) is 9.95. The van der Waals surface area contributed by atoms with Crippen molar-refractivity contribution in [3.63, 3.8) is 0 Å². The number of amides is 2. The SMILES string of the molecule is CC1CN(CC(=O)NC(=O)c2ccccc2Br)CC(C)N1. The predicted molar refractivity (Wildman–Crippen MR) is 85.1 cm³/mol. The molecule has 0 spiro atoms. The van der Waals surface area contributed by atoms with E-state index in [0.29, 0.717) is 22.1 Å². The number of benzene rings is 1. The largest absolute Gasteiger partial charge is 0.309 e. The Labute approximate surface area is 133 Å². The lowest BCUT2D eigenvalue weighted by Crippen LogP contribution is -2.56. The zero-order chi connectivity index (χ0) is 15.4. The maximum atomic E-state index is 12.1. The van der Waals surface area contributed by atoms with Crippen molar-refractivity contribution in [3.05, 3.63) is 34.3 Å². The molecule has 2 N–H and O–H groups in total. The highest BCUT2D eigenvalue weighted by molar-refractivity contribution is 9.10. The molecule has 5 nitrogen and oxygen atoms in total. The number of rotatable bonds is 3. The second-order valence-corrected chi connectivity index (χ2v) is 6.37. The Bertz CT molecular complexity index is 525. The van der Waals surface area contributed by atoms with Crippen LogP contribution in [-0.2, 0) is 4.79 Å². The quantitative estimate of drug-likeness (QED) is 0.861. The minimum atomic E-state index is -0.372. The molecule has 0 aromatic heterocycles. The lowest BCUT2D eigenvalue weighted by atomic mass is 10.1. The molecule has 2 rings (SSSR count). The number of carbonyl (C=O) groups is 2. The van der Waals surface area contributed by atoms with E-state index >= 15 is 0 Å². The molecule has 21 heavy (non-hydrogen) atoms. The van der Waals surface area contributed by atoms with Crippen molar-refractivity contribution in [2.45, 2.75) is 25.9 Å². The Kier molecular flexibility index (Phi) is 5.50. The summed E-state index contributed by atoms with van der Waals surface area (Å²) in [6.45, 7) is 6.04. The van der Waals surface area contributed by atoms with Crippen LogP contribution in [-0.4, -0.2) is 48.4 Å². The third kappa shape index (κ3) is 4.62. The highest BCUT2D eigenvalue weighted by atomic mass is 79.9. The van der Waals surface area contributed by atoms with Crippen LogP contribution in [0, 0.1) is 0 Å². The van der Waals surface area contributed by atoms with Crippen LogP contribution in [0.2, 0.25) is 0 Å². The van der Waals surface area contributed by atoms with Crippen LogP contribution in [0.25, 0.3) is 0 Å². The molecule has 2 atom stereocenters. The highest BCUT2D eigenvalue weighted by Gasteiger charge is 2.23. The Balaban J connectivity index is 1.90. The molecule has 1 aliphatic heterocycles. The van der Waals surface area contributed by atoms with E-state index in [0.717, 1.165) is 13.1 Å². The third-order valence-electron chi connectivity index (χ3n) is 3.37. The number of piperazine rings is 1. The summed E-state index contributed by atoms with van der Waals surface area (Å²) in [5.41, 5.74) is 0.466. The van der Waals surface area contributed by atoms with Gasteiger partial charge in [-0.1, -0.05) is 12.1 Å². The standard InChI is InChI=1S/C15H20BrN3O2/c1-10-7-19(8-11(2)17-10)9-14(20)18-15(21)12-5-3-4-6-13(12)16/h3-6,10-11,17H,7-9H2,1-2H3,(H,18,20,21). The van der Waals surface area contributed by atoms with E-state index in [1.165, 1.54) is 0 Å². The summed E-state index contributed by atoms with van der Waals surface area (Å²) in [7, 11) is 0. The van der Waals surface area contributed by atoms with Gasteiger partial charge in [0, 0.05) is 29.6 Å². The van der Waals surface area contributed by atoms with E-state index in [2.05, 4.69) is 45.3 Å². The van der Waals surface area contributed by atoms with Gasteiger partial charge in [-0.15, -0.1) is 0 Å². The number of nitrogens with one attached hydrogen (secondary N) is 2. The van der Waals surface area contributed by atoms with Crippen LogP contribution in [0.15, 0.2) is 28.7 Å². The van der Waals surface area contributed by atoms with Gasteiger partial charge in [-0.25, -0.2) is 0 Å². The normalized spacial score (nSPS) is 22.8. The predicted octanol–water partition coefficient (Wildman–Crippen LogP) is 1.39. The van der Waals surface area contributed by atoms with Crippen LogP contribution >= 0.6 is 15.9 Å². The molecule has 1 aliphatic rings. The second-order valence-electron chi connectivity index (χ2n) is 5.52. The zero-order valence-corrected chi connectivity index (χ0v) is 13.8. The molecule has 0 bridgehead atoms. The number of imide groups is 1. The van der Waals surface area contributed by atoms with Crippen molar-refractivity contribution >= 4 is 27.7 Å². The van der Waals surface area contributed by atoms with E-state index in [1.807, 2.05) is 6.07 Å². The first kappa shape index (κ1) is 16.1.